The quantitative estimate of drug-likeness (QED) is 0.876. The highest BCUT2D eigenvalue weighted by molar-refractivity contribution is 5.69. The van der Waals surface area contributed by atoms with Crippen molar-refractivity contribution in [1.29, 1.82) is 0 Å². The van der Waals surface area contributed by atoms with Crippen molar-refractivity contribution >= 4 is 5.97 Å². The normalized spacial score (nSPS) is 10.3. The summed E-state index contributed by atoms with van der Waals surface area (Å²) in [6.45, 7) is 2.13. The second kappa shape index (κ2) is 5.35. The zero-order valence-corrected chi connectivity index (χ0v) is 9.92. The van der Waals surface area contributed by atoms with Crippen molar-refractivity contribution in [3.8, 4) is 5.75 Å². The zero-order chi connectivity index (χ0) is 13.0. The van der Waals surface area contributed by atoms with Gasteiger partial charge in [0.25, 0.3) is 0 Å². The molecule has 0 amide bonds. The number of aromatic nitrogens is 1. The van der Waals surface area contributed by atoms with Crippen LogP contribution >= 0.6 is 0 Å². The van der Waals surface area contributed by atoms with Crippen molar-refractivity contribution in [1.82, 2.24) is 4.98 Å². The maximum absolute atomic E-state index is 10.5. The van der Waals surface area contributed by atoms with Gasteiger partial charge in [-0.15, -0.1) is 0 Å². The van der Waals surface area contributed by atoms with Gasteiger partial charge in [0.15, 0.2) is 6.61 Å². The van der Waals surface area contributed by atoms with E-state index in [1.54, 1.807) is 0 Å². The fourth-order valence-corrected chi connectivity index (χ4v) is 1.50. The first-order valence-electron chi connectivity index (χ1n) is 5.49. The van der Waals surface area contributed by atoms with Crippen LogP contribution in [0.1, 0.15) is 17.2 Å². The van der Waals surface area contributed by atoms with Crippen LogP contribution < -0.4 is 4.74 Å². The van der Waals surface area contributed by atoms with Gasteiger partial charge in [0.05, 0.1) is 6.20 Å². The van der Waals surface area contributed by atoms with Gasteiger partial charge < -0.3 is 14.3 Å². The number of hydrogen-bond acceptors (Lipinski definition) is 4. The largest absolute Gasteiger partial charge is 0.484 e. The van der Waals surface area contributed by atoms with E-state index in [0.717, 1.165) is 11.3 Å². The van der Waals surface area contributed by atoms with Crippen LogP contribution in [0.2, 0.25) is 0 Å². The minimum atomic E-state index is -0.947. The van der Waals surface area contributed by atoms with Gasteiger partial charge in [-0.25, -0.2) is 4.98 Å². The summed E-state index contributed by atoms with van der Waals surface area (Å²) >= 11 is 0. The molecule has 0 aliphatic heterocycles. The average molecular weight is 247 g/mol. The summed E-state index contributed by atoms with van der Waals surface area (Å²) in [5, 5.41) is 8.60. The lowest BCUT2D eigenvalue weighted by Crippen LogP contribution is -1.98. The highest BCUT2D eigenvalue weighted by Crippen LogP contribution is 2.17. The lowest BCUT2D eigenvalue weighted by molar-refractivity contribution is -0.136. The predicted octanol–water partition coefficient (Wildman–Crippen LogP) is 2.19. The SMILES string of the molecule is Cc1ccccc1OCc1ncc(CC(=O)O)o1. The van der Waals surface area contributed by atoms with E-state index >= 15 is 0 Å². The standard InChI is InChI=1S/C13H13NO4/c1-9-4-2-3-5-11(9)17-8-12-14-7-10(18-12)6-13(15)16/h2-5,7H,6,8H2,1H3,(H,15,16). The van der Waals surface area contributed by atoms with E-state index in [2.05, 4.69) is 4.98 Å². The van der Waals surface area contributed by atoms with Gasteiger partial charge in [-0.1, -0.05) is 18.2 Å². The molecule has 0 saturated carbocycles. The molecule has 0 unspecified atom stereocenters. The first-order valence-corrected chi connectivity index (χ1v) is 5.49. The molecule has 0 saturated heterocycles. The van der Waals surface area contributed by atoms with Gasteiger partial charge in [0.2, 0.25) is 5.89 Å². The summed E-state index contributed by atoms with van der Waals surface area (Å²) in [4.78, 5) is 14.4. The number of para-hydroxylation sites is 1. The zero-order valence-electron chi connectivity index (χ0n) is 9.92. The molecule has 2 rings (SSSR count). The first-order chi connectivity index (χ1) is 8.65. The van der Waals surface area contributed by atoms with E-state index in [0.29, 0.717) is 11.7 Å². The number of hydrogen-bond donors (Lipinski definition) is 1. The maximum Gasteiger partial charge on any atom is 0.311 e. The Labute approximate surface area is 104 Å². The number of benzene rings is 1. The van der Waals surface area contributed by atoms with Crippen LogP contribution in [0.15, 0.2) is 34.9 Å². The molecule has 5 nitrogen and oxygen atoms in total. The van der Waals surface area contributed by atoms with E-state index in [4.69, 9.17) is 14.3 Å². The molecule has 0 radical (unpaired) electrons. The van der Waals surface area contributed by atoms with Crippen molar-refractivity contribution in [3.05, 3.63) is 47.7 Å². The molecule has 5 heteroatoms. The van der Waals surface area contributed by atoms with Crippen molar-refractivity contribution < 1.29 is 19.1 Å². The van der Waals surface area contributed by atoms with Crippen LogP contribution in [0.25, 0.3) is 0 Å². The third kappa shape index (κ3) is 3.10. The number of oxazole rings is 1. The monoisotopic (exact) mass is 247 g/mol. The Morgan fingerprint density at radius 1 is 1.44 bits per heavy atom. The van der Waals surface area contributed by atoms with Crippen LogP contribution in [0.5, 0.6) is 5.75 Å². The number of rotatable bonds is 5. The number of carboxylic acid groups (broad SMARTS) is 1. The Morgan fingerprint density at radius 3 is 2.94 bits per heavy atom. The summed E-state index contributed by atoms with van der Waals surface area (Å²) in [5.41, 5.74) is 1.02. The van der Waals surface area contributed by atoms with Crippen molar-refractivity contribution in [2.24, 2.45) is 0 Å². The highest BCUT2D eigenvalue weighted by atomic mass is 16.5. The minimum absolute atomic E-state index is 0.169. The maximum atomic E-state index is 10.5. The molecule has 1 aromatic carbocycles. The molecule has 0 spiro atoms. The second-order valence-electron chi connectivity index (χ2n) is 3.84. The lowest BCUT2D eigenvalue weighted by atomic mass is 10.2. The Morgan fingerprint density at radius 2 is 2.22 bits per heavy atom. The van der Waals surface area contributed by atoms with Gasteiger partial charge in [-0.05, 0) is 18.6 Å². The van der Waals surface area contributed by atoms with E-state index in [9.17, 15) is 4.79 Å². The van der Waals surface area contributed by atoms with Crippen molar-refractivity contribution in [2.45, 2.75) is 20.0 Å². The Kier molecular flexibility index (Phi) is 3.62. The summed E-state index contributed by atoms with van der Waals surface area (Å²) in [6.07, 6.45) is 1.24. The Bertz CT molecular complexity index is 547. The molecule has 1 aromatic heterocycles. The Hall–Kier alpha value is -2.30. The fourth-order valence-electron chi connectivity index (χ4n) is 1.50. The number of carbonyl (C=O) groups is 1. The van der Waals surface area contributed by atoms with E-state index in [-0.39, 0.29) is 13.0 Å². The highest BCUT2D eigenvalue weighted by Gasteiger charge is 2.08. The summed E-state index contributed by atoms with van der Waals surface area (Å²) in [6, 6.07) is 7.61. The van der Waals surface area contributed by atoms with E-state index < -0.39 is 5.97 Å². The number of ether oxygens (including phenoxy) is 1. The topological polar surface area (TPSA) is 72.6 Å². The van der Waals surface area contributed by atoms with Gasteiger partial charge in [-0.3, -0.25) is 4.79 Å². The minimum Gasteiger partial charge on any atom is -0.484 e. The number of aliphatic carboxylic acids is 1. The molecule has 1 N–H and O–H groups in total. The molecule has 0 atom stereocenters. The molecular weight excluding hydrogens is 234 g/mol. The first kappa shape index (κ1) is 12.2. The molecule has 0 aliphatic carbocycles. The van der Waals surface area contributed by atoms with Crippen LogP contribution in [-0.2, 0) is 17.8 Å². The predicted molar refractivity (Wildman–Crippen MR) is 63.4 cm³/mol. The lowest BCUT2D eigenvalue weighted by Gasteiger charge is -2.05. The summed E-state index contributed by atoms with van der Waals surface area (Å²) in [7, 11) is 0. The molecular formula is C13H13NO4. The number of aryl methyl sites for hydroxylation is 1. The number of carboxylic acids is 1. The molecule has 0 aliphatic rings. The van der Waals surface area contributed by atoms with Crippen molar-refractivity contribution in [3.63, 3.8) is 0 Å². The summed E-state index contributed by atoms with van der Waals surface area (Å²) < 4.78 is 10.8. The van der Waals surface area contributed by atoms with E-state index in [1.165, 1.54) is 6.20 Å². The molecule has 2 aromatic rings. The fraction of sp³-hybridized carbons (Fsp3) is 0.231. The third-order valence-corrected chi connectivity index (χ3v) is 2.37. The second-order valence-corrected chi connectivity index (χ2v) is 3.84. The van der Waals surface area contributed by atoms with E-state index in [1.807, 2.05) is 31.2 Å². The van der Waals surface area contributed by atoms with Gasteiger partial charge in [0.1, 0.15) is 17.9 Å². The molecule has 94 valence electrons. The Balaban J connectivity index is 1.96. The van der Waals surface area contributed by atoms with Crippen LogP contribution in [0.4, 0.5) is 0 Å². The average Bonchev–Trinajstić information content (AvgIpc) is 2.75. The van der Waals surface area contributed by atoms with Gasteiger partial charge >= 0.3 is 5.97 Å². The molecule has 0 fully saturated rings. The van der Waals surface area contributed by atoms with Gasteiger partial charge in [0, 0.05) is 0 Å². The summed E-state index contributed by atoms with van der Waals surface area (Å²) in [5.74, 6) is 0.508. The molecule has 18 heavy (non-hydrogen) atoms. The number of nitrogens with zero attached hydrogens (tertiary/aromatic N) is 1. The molecule has 1 heterocycles. The smallest absolute Gasteiger partial charge is 0.311 e. The molecule has 0 bridgehead atoms. The van der Waals surface area contributed by atoms with Crippen LogP contribution in [-0.4, -0.2) is 16.1 Å². The van der Waals surface area contributed by atoms with Crippen LogP contribution in [0.3, 0.4) is 0 Å². The third-order valence-electron chi connectivity index (χ3n) is 2.37. The van der Waals surface area contributed by atoms with Gasteiger partial charge in [-0.2, -0.15) is 0 Å². The van der Waals surface area contributed by atoms with Crippen LogP contribution in [0, 0.1) is 6.92 Å². The van der Waals surface area contributed by atoms with Crippen molar-refractivity contribution in [2.75, 3.05) is 0 Å².